The lowest BCUT2D eigenvalue weighted by Crippen LogP contribution is -2.27. The van der Waals surface area contributed by atoms with Crippen molar-refractivity contribution in [1.29, 1.82) is 0 Å². The molecule has 0 aliphatic heterocycles. The van der Waals surface area contributed by atoms with Gasteiger partial charge in [0.2, 0.25) is 0 Å². The highest BCUT2D eigenvalue weighted by molar-refractivity contribution is 6.31. The van der Waals surface area contributed by atoms with E-state index >= 15 is 0 Å². The zero-order chi connectivity index (χ0) is 11.4. The first-order valence-electron chi connectivity index (χ1n) is 6.20. The summed E-state index contributed by atoms with van der Waals surface area (Å²) in [4.78, 5) is 0. The maximum absolute atomic E-state index is 6.17. The third-order valence-corrected chi connectivity index (χ3v) is 3.82. The molecule has 2 rings (SSSR count). The first-order valence-corrected chi connectivity index (χ1v) is 6.58. The predicted molar refractivity (Wildman–Crippen MR) is 70.0 cm³/mol. The Morgan fingerprint density at radius 2 is 2.12 bits per heavy atom. The predicted octanol–water partition coefficient (Wildman–Crippen LogP) is 3.66. The van der Waals surface area contributed by atoms with Gasteiger partial charge in [-0.1, -0.05) is 42.6 Å². The summed E-state index contributed by atoms with van der Waals surface area (Å²) in [6.45, 7) is 0. The van der Waals surface area contributed by atoms with Crippen molar-refractivity contribution in [3.63, 3.8) is 0 Å². The van der Waals surface area contributed by atoms with Crippen LogP contribution in [-0.4, -0.2) is 13.1 Å². The number of benzene rings is 1. The van der Waals surface area contributed by atoms with Gasteiger partial charge in [-0.3, -0.25) is 0 Å². The third-order valence-electron chi connectivity index (χ3n) is 3.45. The Labute approximate surface area is 103 Å². The third kappa shape index (κ3) is 3.50. The second kappa shape index (κ2) is 5.70. The Bertz CT molecular complexity index is 333. The molecule has 1 atom stereocenters. The van der Waals surface area contributed by atoms with Gasteiger partial charge in [0.15, 0.2) is 0 Å². The van der Waals surface area contributed by atoms with Crippen molar-refractivity contribution in [1.82, 2.24) is 5.32 Å². The van der Waals surface area contributed by atoms with Gasteiger partial charge in [-0.05, 0) is 43.9 Å². The van der Waals surface area contributed by atoms with E-state index in [4.69, 9.17) is 11.6 Å². The maximum atomic E-state index is 6.17. The quantitative estimate of drug-likeness (QED) is 0.796. The summed E-state index contributed by atoms with van der Waals surface area (Å²) in [5, 5.41) is 4.30. The zero-order valence-corrected chi connectivity index (χ0v) is 10.6. The van der Waals surface area contributed by atoms with Crippen LogP contribution < -0.4 is 5.32 Å². The van der Waals surface area contributed by atoms with Gasteiger partial charge in [-0.25, -0.2) is 0 Å². The highest BCUT2D eigenvalue weighted by Gasteiger charge is 2.22. The minimum atomic E-state index is 0.570. The van der Waals surface area contributed by atoms with E-state index in [0.29, 0.717) is 6.04 Å². The smallest absolute Gasteiger partial charge is 0.0438 e. The molecule has 1 unspecified atom stereocenters. The van der Waals surface area contributed by atoms with Crippen LogP contribution in [0, 0.1) is 5.92 Å². The van der Waals surface area contributed by atoms with Gasteiger partial charge >= 0.3 is 0 Å². The summed E-state index contributed by atoms with van der Waals surface area (Å²) >= 11 is 6.17. The Morgan fingerprint density at radius 1 is 1.38 bits per heavy atom. The van der Waals surface area contributed by atoms with Crippen molar-refractivity contribution < 1.29 is 0 Å². The lowest BCUT2D eigenvalue weighted by Gasteiger charge is -2.16. The lowest BCUT2D eigenvalue weighted by atomic mass is 10.0. The molecule has 0 heterocycles. The van der Waals surface area contributed by atoms with Gasteiger partial charge in [0.05, 0.1) is 0 Å². The molecule has 0 saturated heterocycles. The van der Waals surface area contributed by atoms with Gasteiger partial charge in [0.1, 0.15) is 0 Å². The summed E-state index contributed by atoms with van der Waals surface area (Å²) in [6, 6.07) is 8.73. The van der Waals surface area contributed by atoms with Gasteiger partial charge in [0, 0.05) is 11.1 Å². The fraction of sp³-hybridized carbons (Fsp3) is 0.571. The standard InChI is InChI=1S/C14H20ClN/c1-16-13(9-8-11-6-7-11)10-12-4-2-3-5-14(12)15/h2-5,11,13,16H,6-10H2,1H3. The minimum absolute atomic E-state index is 0.570. The second-order valence-corrected chi connectivity index (χ2v) is 5.21. The number of likely N-dealkylation sites (N-methyl/N-ethyl adjacent to an activating group) is 1. The Balaban J connectivity index is 1.87. The fourth-order valence-corrected chi connectivity index (χ4v) is 2.33. The van der Waals surface area contributed by atoms with Crippen LogP contribution >= 0.6 is 11.6 Å². The van der Waals surface area contributed by atoms with Gasteiger partial charge in [-0.2, -0.15) is 0 Å². The minimum Gasteiger partial charge on any atom is -0.317 e. The fourth-order valence-electron chi connectivity index (χ4n) is 2.12. The molecule has 1 fully saturated rings. The SMILES string of the molecule is CNC(CCC1CC1)Cc1ccccc1Cl. The number of halogens is 1. The molecule has 1 aliphatic carbocycles. The van der Waals surface area contributed by atoms with E-state index < -0.39 is 0 Å². The van der Waals surface area contributed by atoms with Crippen LogP contribution in [0.25, 0.3) is 0 Å². The first kappa shape index (κ1) is 11.9. The Morgan fingerprint density at radius 3 is 2.75 bits per heavy atom. The van der Waals surface area contributed by atoms with Crippen molar-refractivity contribution >= 4 is 11.6 Å². The summed E-state index contributed by atoms with van der Waals surface area (Å²) < 4.78 is 0. The summed E-state index contributed by atoms with van der Waals surface area (Å²) in [5.74, 6) is 1.02. The van der Waals surface area contributed by atoms with Crippen molar-refractivity contribution in [2.24, 2.45) is 5.92 Å². The number of hydrogen-bond acceptors (Lipinski definition) is 1. The van der Waals surface area contributed by atoms with Crippen LogP contribution in [0.3, 0.4) is 0 Å². The maximum Gasteiger partial charge on any atom is 0.0438 e. The number of hydrogen-bond donors (Lipinski definition) is 1. The molecular formula is C14H20ClN. The van der Waals surface area contributed by atoms with Crippen molar-refractivity contribution in [2.45, 2.75) is 38.1 Å². The van der Waals surface area contributed by atoms with E-state index in [0.717, 1.165) is 17.4 Å². The largest absolute Gasteiger partial charge is 0.317 e. The van der Waals surface area contributed by atoms with Crippen molar-refractivity contribution in [3.8, 4) is 0 Å². The van der Waals surface area contributed by atoms with E-state index in [9.17, 15) is 0 Å². The molecular weight excluding hydrogens is 218 g/mol. The molecule has 0 aromatic heterocycles. The number of nitrogens with one attached hydrogen (secondary N) is 1. The van der Waals surface area contributed by atoms with Crippen LogP contribution in [0.1, 0.15) is 31.2 Å². The highest BCUT2D eigenvalue weighted by Crippen LogP contribution is 2.34. The normalized spacial score (nSPS) is 17.4. The van der Waals surface area contributed by atoms with Gasteiger partial charge in [-0.15, -0.1) is 0 Å². The average molecular weight is 238 g/mol. The first-order chi connectivity index (χ1) is 7.79. The van der Waals surface area contributed by atoms with E-state index in [-0.39, 0.29) is 0 Å². The Kier molecular flexibility index (Phi) is 4.25. The molecule has 0 amide bonds. The monoisotopic (exact) mass is 237 g/mol. The second-order valence-electron chi connectivity index (χ2n) is 4.80. The van der Waals surface area contributed by atoms with Crippen LogP contribution in [-0.2, 0) is 6.42 Å². The van der Waals surface area contributed by atoms with Crippen molar-refractivity contribution in [2.75, 3.05) is 7.05 Å². The zero-order valence-electron chi connectivity index (χ0n) is 9.88. The molecule has 16 heavy (non-hydrogen) atoms. The van der Waals surface area contributed by atoms with E-state index in [1.807, 2.05) is 12.1 Å². The number of rotatable bonds is 6. The summed E-state index contributed by atoms with van der Waals surface area (Å²) in [7, 11) is 2.05. The molecule has 2 heteroatoms. The van der Waals surface area contributed by atoms with Crippen LogP contribution in [0.15, 0.2) is 24.3 Å². The van der Waals surface area contributed by atoms with E-state index in [1.54, 1.807) is 0 Å². The molecule has 0 bridgehead atoms. The van der Waals surface area contributed by atoms with Gasteiger partial charge < -0.3 is 5.32 Å². The molecule has 1 N–H and O–H groups in total. The Hall–Kier alpha value is -0.530. The molecule has 1 aromatic rings. The molecule has 1 nitrogen and oxygen atoms in total. The molecule has 1 saturated carbocycles. The van der Waals surface area contributed by atoms with Crippen LogP contribution in [0.5, 0.6) is 0 Å². The highest BCUT2D eigenvalue weighted by atomic mass is 35.5. The van der Waals surface area contributed by atoms with Crippen LogP contribution in [0.4, 0.5) is 0 Å². The van der Waals surface area contributed by atoms with Crippen molar-refractivity contribution in [3.05, 3.63) is 34.9 Å². The molecule has 0 radical (unpaired) electrons. The average Bonchev–Trinajstić information content (AvgIpc) is 3.10. The van der Waals surface area contributed by atoms with Gasteiger partial charge in [0.25, 0.3) is 0 Å². The molecule has 1 aromatic carbocycles. The molecule has 1 aliphatic rings. The summed E-state index contributed by atoms with van der Waals surface area (Å²) in [6.07, 6.45) is 6.58. The molecule has 0 spiro atoms. The summed E-state index contributed by atoms with van der Waals surface area (Å²) in [5.41, 5.74) is 1.26. The van der Waals surface area contributed by atoms with Crippen LogP contribution in [0.2, 0.25) is 5.02 Å². The van der Waals surface area contributed by atoms with E-state index in [1.165, 1.54) is 31.2 Å². The topological polar surface area (TPSA) is 12.0 Å². The van der Waals surface area contributed by atoms with E-state index in [2.05, 4.69) is 24.5 Å². The molecule has 88 valence electrons. The lowest BCUT2D eigenvalue weighted by molar-refractivity contribution is 0.485.